The van der Waals surface area contributed by atoms with Crippen LogP contribution in [0.5, 0.6) is 11.5 Å². The summed E-state index contributed by atoms with van der Waals surface area (Å²) in [6.07, 6.45) is 1.25. The third-order valence-corrected chi connectivity index (χ3v) is 2.08. The highest BCUT2D eigenvalue weighted by atomic mass is 32.1. The summed E-state index contributed by atoms with van der Waals surface area (Å²) in [6, 6.07) is 4.79. The molecule has 4 nitrogen and oxygen atoms in total. The highest BCUT2D eigenvalue weighted by molar-refractivity contribution is 7.85. The van der Waals surface area contributed by atoms with E-state index in [1.165, 1.54) is 13.2 Å². The van der Waals surface area contributed by atoms with E-state index in [2.05, 4.69) is 12.6 Å². The SMILES string of the molecule is COc1cccc(C=C(S)C(=O)O)c1O. The van der Waals surface area contributed by atoms with Crippen molar-refractivity contribution in [1.82, 2.24) is 0 Å². The average Bonchev–Trinajstić information content (AvgIpc) is 2.21. The minimum absolute atomic E-state index is 0.104. The van der Waals surface area contributed by atoms with Gasteiger partial charge in [0, 0.05) is 5.56 Å². The maximum Gasteiger partial charge on any atom is 0.341 e. The molecule has 1 aromatic rings. The Morgan fingerprint density at radius 1 is 1.53 bits per heavy atom. The van der Waals surface area contributed by atoms with Crippen LogP contribution >= 0.6 is 12.6 Å². The van der Waals surface area contributed by atoms with Crippen molar-refractivity contribution >= 4 is 24.7 Å². The van der Waals surface area contributed by atoms with Gasteiger partial charge in [-0.2, -0.15) is 0 Å². The molecular formula is C10H10O4S. The van der Waals surface area contributed by atoms with Crippen LogP contribution < -0.4 is 4.74 Å². The van der Waals surface area contributed by atoms with Gasteiger partial charge in [0.2, 0.25) is 0 Å². The van der Waals surface area contributed by atoms with Crippen molar-refractivity contribution in [2.75, 3.05) is 7.11 Å². The topological polar surface area (TPSA) is 66.8 Å². The van der Waals surface area contributed by atoms with E-state index in [-0.39, 0.29) is 16.4 Å². The lowest BCUT2D eigenvalue weighted by molar-refractivity contribution is -0.131. The molecule has 5 heteroatoms. The third kappa shape index (κ3) is 2.66. The lowest BCUT2D eigenvalue weighted by Gasteiger charge is -2.05. The molecule has 0 bridgehead atoms. The Morgan fingerprint density at radius 2 is 2.20 bits per heavy atom. The van der Waals surface area contributed by atoms with E-state index in [0.717, 1.165) is 0 Å². The van der Waals surface area contributed by atoms with Gasteiger partial charge in [0.25, 0.3) is 0 Å². The fourth-order valence-corrected chi connectivity index (χ4v) is 1.17. The molecule has 0 unspecified atom stereocenters. The zero-order chi connectivity index (χ0) is 11.4. The Balaban J connectivity index is 3.16. The summed E-state index contributed by atoms with van der Waals surface area (Å²) in [4.78, 5) is 10.4. The summed E-state index contributed by atoms with van der Waals surface area (Å²) in [5.41, 5.74) is 0.349. The predicted octanol–water partition coefficient (Wildman–Crippen LogP) is 1.76. The van der Waals surface area contributed by atoms with Crippen molar-refractivity contribution in [2.45, 2.75) is 0 Å². The van der Waals surface area contributed by atoms with Crippen molar-refractivity contribution in [3.63, 3.8) is 0 Å². The quantitative estimate of drug-likeness (QED) is 0.542. The molecule has 1 aromatic carbocycles. The van der Waals surface area contributed by atoms with Gasteiger partial charge in [0.15, 0.2) is 11.5 Å². The zero-order valence-corrected chi connectivity index (χ0v) is 8.86. The number of carboxylic acids is 1. The Labute approximate surface area is 92.2 Å². The molecular weight excluding hydrogens is 216 g/mol. The molecule has 0 aliphatic rings. The second kappa shape index (κ2) is 4.75. The van der Waals surface area contributed by atoms with Gasteiger partial charge in [-0.25, -0.2) is 4.79 Å². The highest BCUT2D eigenvalue weighted by Gasteiger charge is 2.07. The molecule has 0 aliphatic heterocycles. The maximum atomic E-state index is 10.5. The smallest absolute Gasteiger partial charge is 0.341 e. The number of ether oxygens (including phenoxy) is 1. The molecule has 0 fully saturated rings. The fourth-order valence-electron chi connectivity index (χ4n) is 1.03. The first-order chi connectivity index (χ1) is 7.06. The zero-order valence-electron chi connectivity index (χ0n) is 7.97. The summed E-state index contributed by atoms with van der Waals surface area (Å²) in [7, 11) is 1.42. The molecule has 1 rings (SSSR count). The van der Waals surface area contributed by atoms with Crippen molar-refractivity contribution in [1.29, 1.82) is 0 Å². The van der Waals surface area contributed by atoms with Crippen LogP contribution in [0.2, 0.25) is 0 Å². The molecule has 80 valence electrons. The summed E-state index contributed by atoms with van der Waals surface area (Å²) in [5.74, 6) is -0.969. The number of phenols is 1. The lowest BCUT2D eigenvalue weighted by atomic mass is 10.1. The fraction of sp³-hybridized carbons (Fsp3) is 0.100. The number of thiol groups is 1. The van der Waals surface area contributed by atoms with E-state index in [4.69, 9.17) is 9.84 Å². The summed E-state index contributed by atoms with van der Waals surface area (Å²) in [6.45, 7) is 0. The average molecular weight is 226 g/mol. The first-order valence-corrected chi connectivity index (χ1v) is 4.51. The second-order valence-electron chi connectivity index (χ2n) is 2.73. The van der Waals surface area contributed by atoms with Crippen molar-refractivity contribution in [2.24, 2.45) is 0 Å². The van der Waals surface area contributed by atoms with Crippen LogP contribution in [-0.2, 0) is 4.79 Å². The minimum atomic E-state index is -1.15. The van der Waals surface area contributed by atoms with Crippen LogP contribution in [0.15, 0.2) is 23.1 Å². The Hall–Kier alpha value is -1.62. The minimum Gasteiger partial charge on any atom is -0.504 e. The van der Waals surface area contributed by atoms with Gasteiger partial charge in [-0.3, -0.25) is 0 Å². The van der Waals surface area contributed by atoms with Crippen LogP contribution in [0.25, 0.3) is 6.08 Å². The highest BCUT2D eigenvalue weighted by Crippen LogP contribution is 2.31. The molecule has 0 saturated heterocycles. The van der Waals surface area contributed by atoms with Gasteiger partial charge in [0.05, 0.1) is 12.0 Å². The van der Waals surface area contributed by atoms with E-state index in [1.54, 1.807) is 18.2 Å². The predicted molar refractivity (Wildman–Crippen MR) is 59.3 cm³/mol. The number of phenolic OH excluding ortho intramolecular Hbond substituents is 1. The van der Waals surface area contributed by atoms with Crippen LogP contribution in [0.4, 0.5) is 0 Å². The number of aliphatic carboxylic acids is 1. The van der Waals surface area contributed by atoms with Crippen molar-refractivity contribution < 1.29 is 19.7 Å². The van der Waals surface area contributed by atoms with Crippen LogP contribution in [0, 0.1) is 0 Å². The number of carboxylic acid groups (broad SMARTS) is 1. The molecule has 15 heavy (non-hydrogen) atoms. The van der Waals surface area contributed by atoms with E-state index >= 15 is 0 Å². The largest absolute Gasteiger partial charge is 0.504 e. The summed E-state index contributed by atoms with van der Waals surface area (Å²) < 4.78 is 4.88. The molecule has 0 atom stereocenters. The molecule has 0 radical (unpaired) electrons. The molecule has 0 amide bonds. The number of carbonyl (C=O) groups is 1. The van der Waals surface area contributed by atoms with Crippen LogP contribution in [0.1, 0.15) is 5.56 Å². The second-order valence-corrected chi connectivity index (χ2v) is 3.21. The summed E-state index contributed by atoms with van der Waals surface area (Å²) in [5, 5.41) is 18.2. The van der Waals surface area contributed by atoms with E-state index in [0.29, 0.717) is 5.56 Å². The van der Waals surface area contributed by atoms with Gasteiger partial charge in [-0.15, -0.1) is 12.6 Å². The Kier molecular flexibility index (Phi) is 3.62. The molecule has 0 aliphatic carbocycles. The Morgan fingerprint density at radius 3 is 2.73 bits per heavy atom. The van der Waals surface area contributed by atoms with E-state index in [1.807, 2.05) is 0 Å². The molecule has 0 saturated carbocycles. The van der Waals surface area contributed by atoms with Crippen molar-refractivity contribution in [3.05, 3.63) is 28.7 Å². The number of aromatic hydroxyl groups is 1. The van der Waals surface area contributed by atoms with Gasteiger partial charge in [0.1, 0.15) is 0 Å². The Bertz CT molecular complexity index is 412. The first kappa shape index (κ1) is 11.5. The van der Waals surface area contributed by atoms with Gasteiger partial charge in [-0.05, 0) is 12.1 Å². The summed E-state index contributed by atoms with van der Waals surface area (Å²) >= 11 is 3.76. The van der Waals surface area contributed by atoms with E-state index in [9.17, 15) is 9.90 Å². The maximum absolute atomic E-state index is 10.5. The first-order valence-electron chi connectivity index (χ1n) is 4.06. The standard InChI is InChI=1S/C10H10O4S/c1-14-7-4-2-3-6(9(7)11)5-8(15)10(12)13/h2-5,11,15H,1H3,(H,12,13). The number of hydrogen-bond donors (Lipinski definition) is 3. The lowest BCUT2D eigenvalue weighted by Crippen LogP contribution is -1.93. The molecule has 0 spiro atoms. The van der Waals surface area contributed by atoms with Gasteiger partial charge >= 0.3 is 5.97 Å². The van der Waals surface area contributed by atoms with Crippen LogP contribution in [0.3, 0.4) is 0 Å². The molecule has 2 N–H and O–H groups in total. The van der Waals surface area contributed by atoms with Gasteiger partial charge < -0.3 is 14.9 Å². The molecule has 0 heterocycles. The number of methoxy groups -OCH3 is 1. The van der Waals surface area contributed by atoms with Crippen molar-refractivity contribution in [3.8, 4) is 11.5 Å². The van der Waals surface area contributed by atoms with E-state index < -0.39 is 5.97 Å². The number of hydrogen-bond acceptors (Lipinski definition) is 4. The number of rotatable bonds is 3. The molecule has 0 aromatic heterocycles. The van der Waals surface area contributed by atoms with Gasteiger partial charge in [-0.1, -0.05) is 12.1 Å². The normalized spacial score (nSPS) is 11.2. The monoisotopic (exact) mass is 226 g/mol. The number of para-hydroxylation sites is 1. The number of benzene rings is 1. The van der Waals surface area contributed by atoms with Crippen LogP contribution in [-0.4, -0.2) is 23.3 Å². The third-order valence-electron chi connectivity index (χ3n) is 1.76.